The highest BCUT2D eigenvalue weighted by Crippen LogP contribution is 2.24. The predicted molar refractivity (Wildman–Crippen MR) is 98.9 cm³/mol. The third-order valence-electron chi connectivity index (χ3n) is 4.62. The van der Waals surface area contributed by atoms with Crippen molar-refractivity contribution in [1.29, 1.82) is 0 Å². The Morgan fingerprint density at radius 2 is 2.00 bits per heavy atom. The summed E-state index contributed by atoms with van der Waals surface area (Å²) in [6.45, 7) is 5.13. The lowest BCUT2D eigenvalue weighted by atomic mass is 10.1. The molecule has 2 aliphatic heterocycles. The van der Waals surface area contributed by atoms with E-state index in [1.807, 2.05) is 50.1 Å². The molecule has 3 rings (SSSR count). The number of carbonyl (C=O) groups excluding carboxylic acids is 2. The number of rotatable bonds is 4. The van der Waals surface area contributed by atoms with Gasteiger partial charge in [0.1, 0.15) is 6.17 Å². The molecule has 2 unspecified atom stereocenters. The van der Waals surface area contributed by atoms with Gasteiger partial charge in [-0.15, -0.1) is 0 Å². The molecule has 8 heteroatoms. The summed E-state index contributed by atoms with van der Waals surface area (Å²) in [6, 6.07) is 7.25. The van der Waals surface area contributed by atoms with Crippen LogP contribution in [0.4, 0.5) is 4.79 Å². The molecule has 0 aromatic heterocycles. The molecule has 1 aromatic carbocycles. The fourth-order valence-corrected chi connectivity index (χ4v) is 3.76. The number of guanidine groups is 1. The van der Waals surface area contributed by atoms with Crippen molar-refractivity contribution >= 4 is 33.8 Å². The van der Waals surface area contributed by atoms with Gasteiger partial charge in [-0.05, 0) is 31.5 Å². The number of benzene rings is 1. The number of carbonyl (C=O) groups is 2. The lowest BCUT2D eigenvalue weighted by Crippen LogP contribution is -2.66. The van der Waals surface area contributed by atoms with Crippen LogP contribution >= 0.6 is 15.9 Å². The normalized spacial score (nSPS) is 24.8. The summed E-state index contributed by atoms with van der Waals surface area (Å²) >= 11 is 3.45. The quantitative estimate of drug-likeness (QED) is 0.826. The lowest BCUT2D eigenvalue weighted by Gasteiger charge is -2.41. The standard InChI is InChI=1S/C17H22BrN5O2/c1-4-22-14-13(15(24)23(5-2)17(22)25)21(3)16(20-14)19-10-11-7-6-8-12(18)9-11/h6-9,13-14H,4-5,10H2,1-3H3,(H,19,20). The third-order valence-corrected chi connectivity index (χ3v) is 5.11. The summed E-state index contributed by atoms with van der Waals surface area (Å²) in [5.74, 6) is 0.456. The zero-order valence-corrected chi connectivity index (χ0v) is 16.2. The average molecular weight is 408 g/mol. The van der Waals surface area contributed by atoms with Gasteiger partial charge in [-0.2, -0.15) is 0 Å². The summed E-state index contributed by atoms with van der Waals surface area (Å²) < 4.78 is 1.00. The van der Waals surface area contributed by atoms with E-state index in [0.717, 1.165) is 10.0 Å². The van der Waals surface area contributed by atoms with Gasteiger partial charge in [0.25, 0.3) is 5.91 Å². The Hall–Kier alpha value is -2.09. The first-order valence-electron chi connectivity index (χ1n) is 8.38. The highest BCUT2D eigenvalue weighted by Gasteiger charge is 2.52. The van der Waals surface area contributed by atoms with Gasteiger partial charge in [-0.3, -0.25) is 9.69 Å². The molecule has 2 fully saturated rings. The molecule has 0 aliphatic carbocycles. The predicted octanol–water partition coefficient (Wildman–Crippen LogP) is 1.84. The summed E-state index contributed by atoms with van der Waals surface area (Å²) in [7, 11) is 1.84. The van der Waals surface area contributed by atoms with Crippen LogP contribution in [0, 0.1) is 0 Å². The number of nitrogens with zero attached hydrogens (tertiary/aromatic N) is 4. The van der Waals surface area contributed by atoms with E-state index in [1.165, 1.54) is 4.90 Å². The van der Waals surface area contributed by atoms with Gasteiger partial charge < -0.3 is 15.1 Å². The van der Waals surface area contributed by atoms with Crippen LogP contribution in [0.3, 0.4) is 0 Å². The van der Waals surface area contributed by atoms with E-state index < -0.39 is 6.04 Å². The molecule has 2 atom stereocenters. The zero-order chi connectivity index (χ0) is 18.1. The number of halogens is 1. The first kappa shape index (κ1) is 17.7. The molecule has 134 valence electrons. The Bertz CT molecular complexity index is 723. The van der Waals surface area contributed by atoms with Crippen molar-refractivity contribution in [2.75, 3.05) is 20.1 Å². The average Bonchev–Trinajstić information content (AvgIpc) is 2.91. The van der Waals surface area contributed by atoms with Crippen LogP contribution in [0.1, 0.15) is 19.4 Å². The maximum absolute atomic E-state index is 12.7. The smallest absolute Gasteiger partial charge is 0.328 e. The van der Waals surface area contributed by atoms with Gasteiger partial charge in [0.2, 0.25) is 0 Å². The molecule has 25 heavy (non-hydrogen) atoms. The van der Waals surface area contributed by atoms with Crippen LogP contribution in [0.5, 0.6) is 0 Å². The van der Waals surface area contributed by atoms with Crippen molar-refractivity contribution in [2.24, 2.45) is 4.99 Å². The van der Waals surface area contributed by atoms with Gasteiger partial charge >= 0.3 is 6.03 Å². The molecule has 3 amide bonds. The number of hydrogen-bond acceptors (Lipinski definition) is 3. The van der Waals surface area contributed by atoms with Crippen molar-refractivity contribution in [1.82, 2.24) is 20.0 Å². The van der Waals surface area contributed by atoms with Crippen molar-refractivity contribution < 1.29 is 9.59 Å². The molecular formula is C17H22BrN5O2. The second-order valence-corrected chi connectivity index (χ2v) is 6.98. The molecular weight excluding hydrogens is 386 g/mol. The van der Waals surface area contributed by atoms with E-state index in [1.54, 1.807) is 4.90 Å². The van der Waals surface area contributed by atoms with E-state index in [-0.39, 0.29) is 18.1 Å². The van der Waals surface area contributed by atoms with Crippen molar-refractivity contribution in [3.63, 3.8) is 0 Å². The Kier molecular flexibility index (Phi) is 4.99. The molecule has 2 heterocycles. The molecule has 1 N–H and O–H groups in total. The maximum atomic E-state index is 12.7. The van der Waals surface area contributed by atoms with E-state index in [9.17, 15) is 9.59 Å². The Labute approximate surface area is 155 Å². The lowest BCUT2D eigenvalue weighted by molar-refractivity contribution is -0.137. The van der Waals surface area contributed by atoms with Gasteiger partial charge in [-0.1, -0.05) is 28.1 Å². The number of aliphatic imine (C=N–C) groups is 1. The minimum absolute atomic E-state index is 0.176. The largest absolute Gasteiger partial charge is 0.333 e. The number of fused-ring (bicyclic) bond motifs is 1. The highest BCUT2D eigenvalue weighted by molar-refractivity contribution is 9.10. The van der Waals surface area contributed by atoms with Crippen molar-refractivity contribution in [3.8, 4) is 0 Å². The fourth-order valence-electron chi connectivity index (χ4n) is 3.32. The van der Waals surface area contributed by atoms with Crippen LogP contribution in [0.25, 0.3) is 0 Å². The molecule has 0 bridgehead atoms. The maximum Gasteiger partial charge on any atom is 0.328 e. The Morgan fingerprint density at radius 1 is 1.24 bits per heavy atom. The monoisotopic (exact) mass is 407 g/mol. The van der Waals surface area contributed by atoms with Crippen molar-refractivity contribution in [3.05, 3.63) is 34.3 Å². The summed E-state index contributed by atoms with van der Waals surface area (Å²) in [4.78, 5) is 34.7. The van der Waals surface area contributed by atoms with E-state index in [4.69, 9.17) is 0 Å². The number of likely N-dealkylation sites (N-methyl/N-ethyl adjacent to an activating group) is 3. The van der Waals surface area contributed by atoms with E-state index in [2.05, 4.69) is 26.2 Å². The molecule has 2 saturated heterocycles. The number of nitrogens with one attached hydrogen (secondary N) is 1. The molecule has 0 spiro atoms. The number of urea groups is 1. The SMILES string of the molecule is CCN1C(=O)C2C(NC(=NCc3cccc(Br)c3)N2C)N(CC)C1=O. The molecule has 0 radical (unpaired) electrons. The molecule has 1 aromatic rings. The fraction of sp³-hybridized carbons (Fsp3) is 0.471. The summed E-state index contributed by atoms with van der Waals surface area (Å²) in [6.07, 6.45) is -0.376. The van der Waals surface area contributed by atoms with E-state index >= 15 is 0 Å². The van der Waals surface area contributed by atoms with Gasteiger partial charge in [0.05, 0.1) is 6.54 Å². The van der Waals surface area contributed by atoms with Gasteiger partial charge in [-0.25, -0.2) is 9.79 Å². The third kappa shape index (κ3) is 3.10. The van der Waals surface area contributed by atoms with Gasteiger partial charge in [0.15, 0.2) is 12.0 Å². The zero-order valence-electron chi connectivity index (χ0n) is 14.6. The Morgan fingerprint density at radius 3 is 2.64 bits per heavy atom. The minimum Gasteiger partial charge on any atom is -0.333 e. The topological polar surface area (TPSA) is 68.2 Å². The van der Waals surface area contributed by atoms with Crippen LogP contribution < -0.4 is 5.32 Å². The summed E-state index contributed by atoms with van der Waals surface area (Å²) in [5.41, 5.74) is 1.07. The summed E-state index contributed by atoms with van der Waals surface area (Å²) in [5, 5.41) is 3.26. The number of amides is 3. The first-order valence-corrected chi connectivity index (χ1v) is 9.17. The second kappa shape index (κ2) is 7.03. The first-order chi connectivity index (χ1) is 12.0. The van der Waals surface area contributed by atoms with Crippen LogP contribution in [-0.2, 0) is 11.3 Å². The highest BCUT2D eigenvalue weighted by atomic mass is 79.9. The molecule has 2 aliphatic rings. The van der Waals surface area contributed by atoms with Crippen LogP contribution in [-0.4, -0.2) is 64.9 Å². The van der Waals surface area contributed by atoms with Gasteiger partial charge in [0, 0.05) is 24.6 Å². The van der Waals surface area contributed by atoms with Crippen molar-refractivity contribution in [2.45, 2.75) is 32.6 Å². The molecule has 7 nitrogen and oxygen atoms in total. The number of hydrogen-bond donors (Lipinski definition) is 1. The second-order valence-electron chi connectivity index (χ2n) is 6.07. The van der Waals surface area contributed by atoms with E-state index in [0.29, 0.717) is 25.6 Å². The minimum atomic E-state index is -0.446. The molecule has 0 saturated carbocycles. The number of imide groups is 1. The Balaban J connectivity index is 1.85. The van der Waals surface area contributed by atoms with Crippen LogP contribution in [0.15, 0.2) is 33.7 Å². The van der Waals surface area contributed by atoms with Crippen LogP contribution in [0.2, 0.25) is 0 Å².